The van der Waals surface area contributed by atoms with Gasteiger partial charge < -0.3 is 10.4 Å². The maximum Gasteiger partial charge on any atom is 0.303 e. The van der Waals surface area contributed by atoms with Gasteiger partial charge in [0.25, 0.3) is 5.91 Å². The third-order valence-electron chi connectivity index (χ3n) is 3.47. The van der Waals surface area contributed by atoms with E-state index >= 15 is 0 Å². The van der Waals surface area contributed by atoms with Crippen LogP contribution in [-0.2, 0) is 4.79 Å². The van der Waals surface area contributed by atoms with Gasteiger partial charge in [0.2, 0.25) is 0 Å². The first-order chi connectivity index (χ1) is 11.1. The van der Waals surface area contributed by atoms with E-state index in [1.54, 1.807) is 10.9 Å². The molecule has 0 unspecified atom stereocenters. The summed E-state index contributed by atoms with van der Waals surface area (Å²) >= 11 is 0. The lowest BCUT2D eigenvalue weighted by Crippen LogP contribution is -2.25. The van der Waals surface area contributed by atoms with Crippen molar-refractivity contribution < 1.29 is 14.7 Å². The average molecular weight is 316 g/mol. The van der Waals surface area contributed by atoms with Crippen LogP contribution in [0, 0.1) is 6.92 Å². The van der Waals surface area contributed by atoms with Crippen molar-refractivity contribution in [1.82, 2.24) is 20.1 Å². The Labute approximate surface area is 134 Å². The highest BCUT2D eigenvalue weighted by molar-refractivity contribution is 5.95. The molecular weight excluding hydrogens is 296 g/mol. The molecule has 2 aromatic heterocycles. The molecule has 0 aromatic carbocycles. The van der Waals surface area contributed by atoms with Gasteiger partial charge >= 0.3 is 5.97 Å². The number of carbonyl (C=O) groups is 2. The zero-order valence-corrected chi connectivity index (χ0v) is 13.0. The first kappa shape index (κ1) is 16.7. The van der Waals surface area contributed by atoms with E-state index in [2.05, 4.69) is 15.4 Å². The van der Waals surface area contributed by atoms with E-state index in [1.165, 1.54) is 6.20 Å². The lowest BCUT2D eigenvalue weighted by atomic mass is 10.2. The summed E-state index contributed by atoms with van der Waals surface area (Å²) in [5.74, 6) is -0.299. The molecule has 0 radical (unpaired) electrons. The van der Waals surface area contributed by atoms with E-state index in [4.69, 9.17) is 5.11 Å². The fraction of sp³-hybridized carbons (Fsp3) is 0.375. The molecule has 2 aromatic rings. The number of aliphatic carboxylic acids is 1. The number of carboxylic acid groups (broad SMARTS) is 1. The SMILES string of the molecule is Cc1c(C(=O)NCCCCCC(=O)O)cnn1-c1ccccn1. The van der Waals surface area contributed by atoms with E-state index in [9.17, 15) is 9.59 Å². The molecule has 7 nitrogen and oxygen atoms in total. The Kier molecular flexibility index (Phi) is 5.85. The van der Waals surface area contributed by atoms with Crippen molar-refractivity contribution in [2.24, 2.45) is 0 Å². The van der Waals surface area contributed by atoms with Gasteiger partial charge in [0.15, 0.2) is 5.82 Å². The van der Waals surface area contributed by atoms with Crippen LogP contribution < -0.4 is 5.32 Å². The minimum absolute atomic E-state index is 0.171. The van der Waals surface area contributed by atoms with Gasteiger partial charge in [-0.25, -0.2) is 9.67 Å². The summed E-state index contributed by atoms with van der Waals surface area (Å²) in [7, 11) is 0. The number of rotatable bonds is 8. The average Bonchev–Trinajstić information content (AvgIpc) is 2.93. The Hall–Kier alpha value is -2.70. The smallest absolute Gasteiger partial charge is 0.303 e. The number of nitrogens with one attached hydrogen (secondary N) is 1. The Morgan fingerprint density at radius 1 is 1.26 bits per heavy atom. The number of hydrogen-bond acceptors (Lipinski definition) is 4. The normalized spacial score (nSPS) is 10.5. The summed E-state index contributed by atoms with van der Waals surface area (Å²) in [5.41, 5.74) is 1.24. The second-order valence-corrected chi connectivity index (χ2v) is 5.20. The molecule has 122 valence electrons. The molecule has 0 atom stereocenters. The number of pyridine rings is 1. The third kappa shape index (κ3) is 4.64. The zero-order chi connectivity index (χ0) is 16.7. The van der Waals surface area contributed by atoms with Crippen LogP contribution in [0.25, 0.3) is 5.82 Å². The number of carbonyl (C=O) groups excluding carboxylic acids is 1. The van der Waals surface area contributed by atoms with Crippen molar-refractivity contribution in [3.05, 3.63) is 41.9 Å². The quantitative estimate of drug-likeness (QED) is 0.726. The minimum Gasteiger partial charge on any atom is -0.481 e. The van der Waals surface area contributed by atoms with Crippen molar-refractivity contribution in [3.8, 4) is 5.82 Å². The number of aromatic nitrogens is 3. The molecule has 0 saturated carbocycles. The number of unbranched alkanes of at least 4 members (excludes halogenated alkanes) is 2. The molecule has 0 fully saturated rings. The first-order valence-electron chi connectivity index (χ1n) is 7.55. The van der Waals surface area contributed by atoms with E-state index in [0.29, 0.717) is 24.3 Å². The molecule has 1 amide bonds. The summed E-state index contributed by atoms with van der Waals surface area (Å²) in [4.78, 5) is 26.8. The lowest BCUT2D eigenvalue weighted by molar-refractivity contribution is -0.137. The topological polar surface area (TPSA) is 97.1 Å². The highest BCUT2D eigenvalue weighted by Crippen LogP contribution is 2.12. The fourth-order valence-electron chi connectivity index (χ4n) is 2.22. The number of hydrogen-bond donors (Lipinski definition) is 2. The van der Waals surface area contributed by atoms with Gasteiger partial charge in [0.05, 0.1) is 17.5 Å². The third-order valence-corrected chi connectivity index (χ3v) is 3.47. The van der Waals surface area contributed by atoms with Gasteiger partial charge in [-0.2, -0.15) is 5.10 Å². The van der Waals surface area contributed by atoms with E-state index in [-0.39, 0.29) is 12.3 Å². The van der Waals surface area contributed by atoms with Gasteiger partial charge in [-0.3, -0.25) is 9.59 Å². The monoisotopic (exact) mass is 316 g/mol. The highest BCUT2D eigenvalue weighted by atomic mass is 16.4. The predicted octanol–water partition coefficient (Wildman–Crippen LogP) is 1.95. The van der Waals surface area contributed by atoms with Crippen LogP contribution in [0.3, 0.4) is 0 Å². The van der Waals surface area contributed by atoms with Gasteiger partial charge in [-0.15, -0.1) is 0 Å². The molecule has 0 aliphatic rings. The molecule has 0 bridgehead atoms. The molecule has 7 heteroatoms. The standard InChI is InChI=1S/C16H20N4O3/c1-12-13(11-19-20(12)14-7-4-6-9-17-14)16(23)18-10-5-2-3-8-15(21)22/h4,6-7,9,11H,2-3,5,8,10H2,1H3,(H,18,23)(H,21,22). The molecule has 2 rings (SSSR count). The Morgan fingerprint density at radius 3 is 2.78 bits per heavy atom. The van der Waals surface area contributed by atoms with Crippen LogP contribution >= 0.6 is 0 Å². The number of amides is 1. The zero-order valence-electron chi connectivity index (χ0n) is 13.0. The number of nitrogens with zero attached hydrogens (tertiary/aromatic N) is 3. The summed E-state index contributed by atoms with van der Waals surface area (Å²) in [6.07, 6.45) is 5.54. The Bertz CT molecular complexity index is 667. The summed E-state index contributed by atoms with van der Waals surface area (Å²) in [5, 5.41) is 15.6. The van der Waals surface area contributed by atoms with Crippen LogP contribution in [-0.4, -0.2) is 38.3 Å². The Morgan fingerprint density at radius 2 is 2.09 bits per heavy atom. The minimum atomic E-state index is -0.786. The fourth-order valence-corrected chi connectivity index (χ4v) is 2.22. The van der Waals surface area contributed by atoms with Gasteiger partial charge in [-0.05, 0) is 31.9 Å². The van der Waals surface area contributed by atoms with Crippen molar-refractivity contribution in [2.75, 3.05) is 6.54 Å². The van der Waals surface area contributed by atoms with Crippen LogP contribution in [0.1, 0.15) is 41.7 Å². The van der Waals surface area contributed by atoms with Crippen molar-refractivity contribution >= 4 is 11.9 Å². The molecule has 0 aliphatic heterocycles. The summed E-state index contributed by atoms with van der Waals surface area (Å²) in [6.45, 7) is 2.34. The molecular formula is C16H20N4O3. The molecule has 23 heavy (non-hydrogen) atoms. The first-order valence-corrected chi connectivity index (χ1v) is 7.55. The molecule has 0 aliphatic carbocycles. The van der Waals surface area contributed by atoms with Crippen molar-refractivity contribution in [1.29, 1.82) is 0 Å². The summed E-state index contributed by atoms with van der Waals surface area (Å²) in [6, 6.07) is 5.50. The molecule has 0 saturated heterocycles. The Balaban J connectivity index is 1.86. The largest absolute Gasteiger partial charge is 0.481 e. The van der Waals surface area contributed by atoms with Crippen LogP contribution in [0.15, 0.2) is 30.6 Å². The second-order valence-electron chi connectivity index (χ2n) is 5.20. The maximum absolute atomic E-state index is 12.2. The van der Waals surface area contributed by atoms with Crippen LogP contribution in [0.5, 0.6) is 0 Å². The predicted molar refractivity (Wildman–Crippen MR) is 84.5 cm³/mol. The van der Waals surface area contributed by atoms with Gasteiger partial charge in [0, 0.05) is 19.2 Å². The van der Waals surface area contributed by atoms with Crippen molar-refractivity contribution in [2.45, 2.75) is 32.6 Å². The lowest BCUT2D eigenvalue weighted by Gasteiger charge is -2.06. The maximum atomic E-state index is 12.2. The van der Waals surface area contributed by atoms with E-state index < -0.39 is 5.97 Å². The van der Waals surface area contributed by atoms with Gasteiger partial charge in [-0.1, -0.05) is 12.5 Å². The molecule has 2 heterocycles. The number of carboxylic acids is 1. The van der Waals surface area contributed by atoms with E-state index in [0.717, 1.165) is 18.5 Å². The van der Waals surface area contributed by atoms with Gasteiger partial charge in [0.1, 0.15) is 0 Å². The van der Waals surface area contributed by atoms with Crippen LogP contribution in [0.2, 0.25) is 0 Å². The molecule has 0 spiro atoms. The highest BCUT2D eigenvalue weighted by Gasteiger charge is 2.15. The van der Waals surface area contributed by atoms with Crippen molar-refractivity contribution in [3.63, 3.8) is 0 Å². The van der Waals surface area contributed by atoms with E-state index in [1.807, 2.05) is 25.1 Å². The second kappa shape index (κ2) is 8.07. The molecule has 2 N–H and O–H groups in total. The summed E-state index contributed by atoms with van der Waals surface area (Å²) < 4.78 is 1.63. The van der Waals surface area contributed by atoms with Crippen LogP contribution in [0.4, 0.5) is 0 Å².